The Kier molecular flexibility index (Phi) is 4.67. The van der Waals surface area contributed by atoms with Crippen LogP contribution in [0.2, 0.25) is 0 Å². The maximum atomic E-state index is 13.6. The third-order valence-corrected chi connectivity index (χ3v) is 3.94. The predicted octanol–water partition coefficient (Wildman–Crippen LogP) is 4.28. The molecule has 2 N–H and O–H groups in total. The third kappa shape index (κ3) is 3.61. The molecule has 1 heterocycles. The summed E-state index contributed by atoms with van der Waals surface area (Å²) in [5.74, 6) is -0.305. The molecule has 0 radical (unpaired) electrons. The topological polar surface area (TPSA) is 62.6 Å². The first-order valence-electron chi connectivity index (χ1n) is 7.81. The van der Waals surface area contributed by atoms with Gasteiger partial charge >= 0.3 is 0 Å². The van der Waals surface area contributed by atoms with Gasteiger partial charge in [-0.25, -0.2) is 4.39 Å². The molecule has 3 rings (SSSR count). The molecule has 1 unspecified atom stereocenters. The van der Waals surface area contributed by atoms with Gasteiger partial charge in [0.05, 0.1) is 0 Å². The number of ether oxygens (including phenoxy) is 1. The molecule has 0 aliphatic rings. The summed E-state index contributed by atoms with van der Waals surface area (Å²) < 4.78 is 18.8. The zero-order chi connectivity index (χ0) is 18.0. The van der Waals surface area contributed by atoms with E-state index < -0.39 is 12.1 Å². The quantitative estimate of drug-likeness (QED) is 0.697. The number of rotatable bonds is 4. The first-order chi connectivity index (χ1) is 12.0. The molecule has 25 heavy (non-hydrogen) atoms. The lowest BCUT2D eigenvalue weighted by atomic mass is 10.0. The molecule has 1 aromatic heterocycles. The molecule has 2 aromatic carbocycles. The second-order valence-corrected chi connectivity index (χ2v) is 5.83. The van der Waals surface area contributed by atoms with E-state index >= 15 is 0 Å². The molecule has 0 fully saturated rings. The van der Waals surface area contributed by atoms with E-state index in [4.69, 9.17) is 4.74 Å². The fraction of sp³-hybridized carbons (Fsp3) is 0.150. The van der Waals surface area contributed by atoms with Crippen molar-refractivity contribution >= 4 is 0 Å². The van der Waals surface area contributed by atoms with Gasteiger partial charge in [-0.15, -0.1) is 0 Å². The van der Waals surface area contributed by atoms with Gasteiger partial charge in [0.2, 0.25) is 6.29 Å². The van der Waals surface area contributed by atoms with E-state index in [2.05, 4.69) is 4.98 Å². The highest BCUT2D eigenvalue weighted by molar-refractivity contribution is 5.66. The number of hydrogen-bond donors (Lipinski definition) is 2. The lowest BCUT2D eigenvalue weighted by molar-refractivity contribution is -0.0254. The first-order valence-corrected chi connectivity index (χ1v) is 7.81. The van der Waals surface area contributed by atoms with Crippen LogP contribution in [0, 0.1) is 19.7 Å². The van der Waals surface area contributed by atoms with Crippen LogP contribution in [0.5, 0.6) is 11.5 Å². The van der Waals surface area contributed by atoms with Crippen molar-refractivity contribution in [3.05, 3.63) is 77.4 Å². The van der Waals surface area contributed by atoms with Crippen LogP contribution in [0.15, 0.2) is 54.7 Å². The lowest BCUT2D eigenvalue weighted by Gasteiger charge is -2.14. The fourth-order valence-corrected chi connectivity index (χ4v) is 2.57. The Morgan fingerprint density at radius 3 is 2.28 bits per heavy atom. The number of pyridine rings is 1. The summed E-state index contributed by atoms with van der Waals surface area (Å²) in [4.78, 5) is 4.20. The standard InChI is InChI=1S/C20H18FNO3/c1-12-9-15(10-13(2)19(12)23)14-7-8-17(22-11-14)20(24)25-18-6-4-3-5-16(18)21/h3-11,20,23-24H,1-2H3. The molecular weight excluding hydrogens is 321 g/mol. The number of phenols is 1. The monoisotopic (exact) mass is 339 g/mol. The fourth-order valence-electron chi connectivity index (χ4n) is 2.57. The number of aliphatic hydroxyl groups is 1. The maximum absolute atomic E-state index is 13.6. The molecule has 0 aliphatic heterocycles. The van der Waals surface area contributed by atoms with Crippen molar-refractivity contribution in [2.75, 3.05) is 0 Å². The number of aromatic hydroxyl groups is 1. The number of aryl methyl sites for hydroxylation is 2. The third-order valence-electron chi connectivity index (χ3n) is 3.94. The Bertz CT molecular complexity index is 871. The van der Waals surface area contributed by atoms with E-state index in [0.717, 1.165) is 22.3 Å². The summed E-state index contributed by atoms with van der Waals surface area (Å²) in [7, 11) is 0. The first kappa shape index (κ1) is 16.9. The molecule has 1 atom stereocenters. The highest BCUT2D eigenvalue weighted by Crippen LogP contribution is 2.29. The predicted molar refractivity (Wildman–Crippen MR) is 92.8 cm³/mol. The average Bonchev–Trinajstić information content (AvgIpc) is 2.61. The number of aromatic nitrogens is 1. The number of aliphatic hydroxyl groups excluding tert-OH is 1. The van der Waals surface area contributed by atoms with E-state index in [1.165, 1.54) is 12.1 Å². The highest BCUT2D eigenvalue weighted by Gasteiger charge is 2.14. The summed E-state index contributed by atoms with van der Waals surface area (Å²) in [5.41, 5.74) is 3.59. The summed E-state index contributed by atoms with van der Waals surface area (Å²) in [5, 5.41) is 20.0. The van der Waals surface area contributed by atoms with Crippen LogP contribution in [0.3, 0.4) is 0 Å². The molecule has 4 nitrogen and oxygen atoms in total. The number of nitrogens with zero attached hydrogens (tertiary/aromatic N) is 1. The highest BCUT2D eigenvalue weighted by atomic mass is 19.1. The van der Waals surface area contributed by atoms with Crippen LogP contribution >= 0.6 is 0 Å². The minimum atomic E-state index is -1.37. The molecule has 3 aromatic rings. The molecule has 0 saturated heterocycles. The van der Waals surface area contributed by atoms with Crippen LogP contribution in [0.4, 0.5) is 4.39 Å². The summed E-state index contributed by atoms with van der Waals surface area (Å²) in [6.07, 6.45) is 0.239. The number of phenolic OH excluding ortho intramolecular Hbond substituents is 1. The minimum absolute atomic E-state index is 0.0364. The number of hydrogen-bond acceptors (Lipinski definition) is 4. The van der Waals surface area contributed by atoms with Crippen molar-refractivity contribution in [2.45, 2.75) is 20.1 Å². The molecule has 5 heteroatoms. The molecular formula is C20H18FNO3. The molecule has 0 bridgehead atoms. The summed E-state index contributed by atoms with van der Waals surface area (Å²) >= 11 is 0. The van der Waals surface area contributed by atoms with Crippen molar-refractivity contribution < 1.29 is 19.3 Å². The molecule has 128 valence electrons. The molecule has 0 amide bonds. The van der Waals surface area contributed by atoms with Crippen molar-refractivity contribution in [1.29, 1.82) is 0 Å². The van der Waals surface area contributed by atoms with Gasteiger partial charge in [0.1, 0.15) is 11.4 Å². The minimum Gasteiger partial charge on any atom is -0.507 e. The van der Waals surface area contributed by atoms with Crippen molar-refractivity contribution in [1.82, 2.24) is 4.98 Å². The number of benzene rings is 2. The van der Waals surface area contributed by atoms with Crippen LogP contribution in [-0.2, 0) is 0 Å². The van der Waals surface area contributed by atoms with Gasteiger partial charge in [-0.3, -0.25) is 4.98 Å². The van der Waals surface area contributed by atoms with E-state index in [1.54, 1.807) is 30.5 Å². The van der Waals surface area contributed by atoms with E-state index in [0.29, 0.717) is 0 Å². The van der Waals surface area contributed by atoms with Crippen molar-refractivity contribution in [2.24, 2.45) is 0 Å². The van der Waals surface area contributed by atoms with E-state index in [-0.39, 0.29) is 17.2 Å². The summed E-state index contributed by atoms with van der Waals surface area (Å²) in [6, 6.07) is 13.0. The van der Waals surface area contributed by atoms with Crippen molar-refractivity contribution in [3.8, 4) is 22.6 Å². The normalized spacial score (nSPS) is 12.0. The largest absolute Gasteiger partial charge is 0.507 e. The van der Waals surface area contributed by atoms with Crippen LogP contribution in [-0.4, -0.2) is 15.2 Å². The van der Waals surface area contributed by atoms with Crippen LogP contribution in [0.1, 0.15) is 23.1 Å². The molecule has 0 saturated carbocycles. The zero-order valence-corrected chi connectivity index (χ0v) is 13.9. The second kappa shape index (κ2) is 6.91. The second-order valence-electron chi connectivity index (χ2n) is 5.83. The van der Waals surface area contributed by atoms with Gasteiger partial charge in [0, 0.05) is 11.8 Å². The van der Waals surface area contributed by atoms with Gasteiger partial charge in [-0.2, -0.15) is 0 Å². The Hall–Kier alpha value is -2.92. The lowest BCUT2D eigenvalue weighted by Crippen LogP contribution is -2.09. The molecule has 0 spiro atoms. The summed E-state index contributed by atoms with van der Waals surface area (Å²) in [6.45, 7) is 3.67. The SMILES string of the molecule is Cc1cc(-c2ccc(C(O)Oc3ccccc3F)nc2)cc(C)c1O. The van der Waals surface area contributed by atoms with Gasteiger partial charge in [0.25, 0.3) is 0 Å². The maximum Gasteiger partial charge on any atom is 0.241 e. The zero-order valence-electron chi connectivity index (χ0n) is 13.9. The van der Waals surface area contributed by atoms with Crippen LogP contribution in [0.25, 0.3) is 11.1 Å². The Morgan fingerprint density at radius 2 is 1.68 bits per heavy atom. The average molecular weight is 339 g/mol. The Balaban J connectivity index is 1.81. The van der Waals surface area contributed by atoms with Gasteiger partial charge in [0.15, 0.2) is 11.6 Å². The Labute approximate surface area is 145 Å². The smallest absolute Gasteiger partial charge is 0.241 e. The molecule has 0 aliphatic carbocycles. The van der Waals surface area contributed by atoms with E-state index in [9.17, 15) is 14.6 Å². The number of para-hydroxylation sites is 1. The van der Waals surface area contributed by atoms with E-state index in [1.807, 2.05) is 26.0 Å². The Morgan fingerprint density at radius 1 is 1.00 bits per heavy atom. The van der Waals surface area contributed by atoms with Gasteiger partial charge < -0.3 is 14.9 Å². The van der Waals surface area contributed by atoms with Gasteiger partial charge in [-0.05, 0) is 60.9 Å². The van der Waals surface area contributed by atoms with Crippen LogP contribution < -0.4 is 4.74 Å². The van der Waals surface area contributed by atoms with Crippen molar-refractivity contribution in [3.63, 3.8) is 0 Å². The number of halogens is 1. The van der Waals surface area contributed by atoms with Gasteiger partial charge in [-0.1, -0.05) is 18.2 Å².